The highest BCUT2D eigenvalue weighted by molar-refractivity contribution is 7.80. The second-order valence-electron chi connectivity index (χ2n) is 5.24. The Bertz CT molecular complexity index is 499. The van der Waals surface area contributed by atoms with Crippen LogP contribution in [0.1, 0.15) is 12.8 Å². The summed E-state index contributed by atoms with van der Waals surface area (Å²) in [6, 6.07) is -0.761. The second-order valence-corrected chi connectivity index (χ2v) is 6.24. The normalized spacial score (nSPS) is 20.3. The van der Waals surface area contributed by atoms with E-state index in [1.165, 1.54) is 4.90 Å². The molecule has 3 amide bonds. The predicted octanol–water partition coefficient (Wildman–Crippen LogP) is -1.15. The molecule has 2 N–H and O–H groups in total. The highest BCUT2D eigenvalue weighted by Crippen LogP contribution is 2.25. The standard InChI is InChI=1S/C6H10N2O5S.C5H12N2O2/c9-6-7-3-1-2-5(4-7)8(6)13-14(10,11)12;1-7(2)3-4-9-6-5-8/h5H,1-4H2,(H,10,11,12);5H,3-4H2,1-2H3,(H,6,8)/t5-;/m1./s1. The highest BCUT2D eigenvalue weighted by Gasteiger charge is 2.42. The SMILES string of the molecule is CN(C)CCONC=O.O=C1N2CCC[C@H](C2)N1OS(=O)(=O)O. The predicted molar refractivity (Wildman–Crippen MR) is 78.2 cm³/mol. The number of hydrogen-bond donors (Lipinski definition) is 2. The van der Waals surface area contributed by atoms with Gasteiger partial charge in [0.25, 0.3) is 0 Å². The molecule has 0 aromatic rings. The van der Waals surface area contributed by atoms with Gasteiger partial charge in [0.15, 0.2) is 0 Å². The van der Waals surface area contributed by atoms with Crippen LogP contribution in [0.15, 0.2) is 0 Å². The Balaban J connectivity index is 0.000000257. The number of hydrogen-bond acceptors (Lipinski definition) is 7. The van der Waals surface area contributed by atoms with Crippen LogP contribution in [0.5, 0.6) is 0 Å². The first-order valence-corrected chi connectivity index (χ1v) is 8.32. The molecule has 0 aliphatic carbocycles. The summed E-state index contributed by atoms with van der Waals surface area (Å²) in [6.07, 6.45) is 2.02. The summed E-state index contributed by atoms with van der Waals surface area (Å²) in [4.78, 5) is 29.1. The second kappa shape index (κ2) is 8.98. The number of piperidine rings is 1. The van der Waals surface area contributed by atoms with Crippen LogP contribution in [0, 0.1) is 0 Å². The van der Waals surface area contributed by atoms with Gasteiger partial charge in [-0.1, -0.05) is 0 Å². The zero-order chi connectivity index (χ0) is 17.5. The van der Waals surface area contributed by atoms with Gasteiger partial charge in [-0.15, -0.1) is 4.28 Å². The Hall–Kier alpha value is -1.47. The number of carbonyl (C=O) groups excluding carboxylic acids is 2. The Morgan fingerprint density at radius 1 is 1.48 bits per heavy atom. The largest absolute Gasteiger partial charge is 0.418 e. The van der Waals surface area contributed by atoms with E-state index in [0.717, 1.165) is 18.0 Å². The number of likely N-dealkylation sites (N-methyl/N-ethyl adjacent to an activating group) is 1. The first-order valence-electron chi connectivity index (χ1n) is 6.95. The van der Waals surface area contributed by atoms with E-state index in [1.54, 1.807) is 0 Å². The van der Waals surface area contributed by atoms with Crippen molar-refractivity contribution in [1.82, 2.24) is 20.3 Å². The van der Waals surface area contributed by atoms with Crippen molar-refractivity contribution in [1.29, 1.82) is 0 Å². The average molecular weight is 354 g/mol. The lowest BCUT2D eigenvalue weighted by molar-refractivity contribution is -0.120. The van der Waals surface area contributed by atoms with E-state index in [4.69, 9.17) is 4.55 Å². The fraction of sp³-hybridized carbons (Fsp3) is 0.818. The summed E-state index contributed by atoms with van der Waals surface area (Å²) in [5.74, 6) is 0. The molecule has 2 bridgehead atoms. The summed E-state index contributed by atoms with van der Waals surface area (Å²) < 4.78 is 33.5. The average Bonchev–Trinajstić information content (AvgIpc) is 2.66. The maximum atomic E-state index is 11.4. The summed E-state index contributed by atoms with van der Waals surface area (Å²) in [6.45, 7) is 2.40. The van der Waals surface area contributed by atoms with E-state index < -0.39 is 16.4 Å². The van der Waals surface area contributed by atoms with Gasteiger partial charge >= 0.3 is 16.4 Å². The summed E-state index contributed by atoms with van der Waals surface area (Å²) in [5, 5.41) is 0.738. The molecule has 1 atom stereocenters. The van der Waals surface area contributed by atoms with Crippen molar-refractivity contribution in [2.24, 2.45) is 0 Å². The van der Waals surface area contributed by atoms with Gasteiger partial charge < -0.3 is 9.80 Å². The van der Waals surface area contributed by atoms with Crippen molar-refractivity contribution in [3.8, 4) is 0 Å². The Morgan fingerprint density at radius 2 is 2.17 bits per heavy atom. The lowest BCUT2D eigenvalue weighted by Crippen LogP contribution is -2.35. The number of nitrogens with one attached hydrogen (secondary N) is 1. The van der Waals surface area contributed by atoms with Gasteiger partial charge in [0.1, 0.15) is 0 Å². The fourth-order valence-corrected chi connectivity index (χ4v) is 2.52. The molecule has 0 unspecified atom stereocenters. The number of hydroxylamine groups is 3. The van der Waals surface area contributed by atoms with E-state index in [1.807, 2.05) is 19.0 Å². The molecule has 2 aliphatic heterocycles. The molecular weight excluding hydrogens is 332 g/mol. The first-order chi connectivity index (χ1) is 10.7. The maximum absolute atomic E-state index is 11.4. The van der Waals surface area contributed by atoms with Crippen LogP contribution in [-0.4, -0.2) is 86.7 Å². The van der Waals surface area contributed by atoms with Crippen LogP contribution >= 0.6 is 0 Å². The van der Waals surface area contributed by atoms with Crippen LogP contribution in [0.3, 0.4) is 0 Å². The van der Waals surface area contributed by atoms with Gasteiger partial charge in [0.2, 0.25) is 6.41 Å². The number of carbonyl (C=O) groups is 2. The molecule has 23 heavy (non-hydrogen) atoms. The lowest BCUT2D eigenvalue weighted by atomic mass is 10.1. The zero-order valence-corrected chi connectivity index (χ0v) is 13.9. The van der Waals surface area contributed by atoms with Crippen LogP contribution in [0.2, 0.25) is 0 Å². The van der Waals surface area contributed by atoms with Crippen molar-refractivity contribution in [3.05, 3.63) is 0 Å². The van der Waals surface area contributed by atoms with E-state index in [0.29, 0.717) is 32.5 Å². The van der Waals surface area contributed by atoms with Gasteiger partial charge in [-0.2, -0.15) is 13.5 Å². The minimum absolute atomic E-state index is 0.266. The van der Waals surface area contributed by atoms with E-state index >= 15 is 0 Å². The third-order valence-electron chi connectivity index (χ3n) is 3.13. The molecule has 11 nitrogen and oxygen atoms in total. The summed E-state index contributed by atoms with van der Waals surface area (Å²) >= 11 is 0. The quantitative estimate of drug-likeness (QED) is 0.254. The molecule has 2 heterocycles. The summed E-state index contributed by atoms with van der Waals surface area (Å²) in [7, 11) is -0.731. The Kier molecular flexibility index (Phi) is 7.64. The van der Waals surface area contributed by atoms with Crippen molar-refractivity contribution in [2.75, 3.05) is 40.3 Å². The number of rotatable bonds is 7. The van der Waals surface area contributed by atoms with Crippen molar-refractivity contribution >= 4 is 22.8 Å². The van der Waals surface area contributed by atoms with E-state index in [-0.39, 0.29) is 6.04 Å². The van der Waals surface area contributed by atoms with Gasteiger partial charge in [-0.05, 0) is 26.9 Å². The topological polar surface area (TPSA) is 129 Å². The molecule has 2 saturated heterocycles. The molecule has 0 aromatic carbocycles. The van der Waals surface area contributed by atoms with Crippen molar-refractivity contribution in [2.45, 2.75) is 18.9 Å². The number of urea groups is 1. The van der Waals surface area contributed by atoms with Gasteiger partial charge in [-0.3, -0.25) is 14.2 Å². The third kappa shape index (κ3) is 7.09. The van der Waals surface area contributed by atoms with Crippen molar-refractivity contribution < 1.29 is 31.7 Å². The molecule has 12 heteroatoms. The zero-order valence-electron chi connectivity index (χ0n) is 13.0. The van der Waals surface area contributed by atoms with E-state index in [9.17, 15) is 18.0 Å². The fourth-order valence-electron chi connectivity index (χ4n) is 2.13. The lowest BCUT2D eigenvalue weighted by Gasteiger charge is -2.20. The Labute approximate surface area is 135 Å². The highest BCUT2D eigenvalue weighted by atomic mass is 32.3. The molecule has 2 rings (SSSR count). The Morgan fingerprint density at radius 3 is 2.70 bits per heavy atom. The maximum Gasteiger partial charge on any atom is 0.418 e. The smallest absolute Gasteiger partial charge is 0.321 e. The molecule has 0 radical (unpaired) electrons. The minimum Gasteiger partial charge on any atom is -0.321 e. The number of nitrogens with zero attached hydrogens (tertiary/aromatic N) is 3. The molecule has 0 spiro atoms. The number of amides is 3. The minimum atomic E-state index is -4.60. The van der Waals surface area contributed by atoms with E-state index in [2.05, 4.69) is 14.6 Å². The molecular formula is C11H22N4O7S. The van der Waals surface area contributed by atoms with Gasteiger partial charge in [-0.25, -0.2) is 10.3 Å². The molecule has 2 fully saturated rings. The molecule has 0 aromatic heterocycles. The molecule has 2 aliphatic rings. The third-order valence-corrected chi connectivity index (χ3v) is 3.48. The summed E-state index contributed by atoms with van der Waals surface area (Å²) in [5.41, 5.74) is 2.10. The monoisotopic (exact) mass is 354 g/mol. The van der Waals surface area contributed by atoms with Crippen LogP contribution in [-0.2, 0) is 24.3 Å². The van der Waals surface area contributed by atoms with Crippen LogP contribution < -0.4 is 5.48 Å². The molecule has 134 valence electrons. The number of fused-ring (bicyclic) bond motifs is 2. The van der Waals surface area contributed by atoms with Crippen molar-refractivity contribution in [3.63, 3.8) is 0 Å². The molecule has 0 saturated carbocycles. The van der Waals surface area contributed by atoms with Gasteiger partial charge in [0.05, 0.1) is 12.6 Å². The van der Waals surface area contributed by atoms with Crippen LogP contribution in [0.25, 0.3) is 0 Å². The van der Waals surface area contributed by atoms with Crippen LogP contribution in [0.4, 0.5) is 4.79 Å². The first kappa shape index (κ1) is 19.6. The van der Waals surface area contributed by atoms with Gasteiger partial charge in [0, 0.05) is 19.6 Å².